The highest BCUT2D eigenvalue weighted by molar-refractivity contribution is 7.92. The van der Waals surface area contributed by atoms with Gasteiger partial charge < -0.3 is 5.11 Å². The number of aliphatic hydroxyl groups excluding tert-OH is 1. The Morgan fingerprint density at radius 1 is 1.35 bits per heavy atom. The van der Waals surface area contributed by atoms with Crippen molar-refractivity contribution in [3.63, 3.8) is 0 Å². The number of anilines is 1. The van der Waals surface area contributed by atoms with Gasteiger partial charge in [0.05, 0.1) is 18.0 Å². The highest BCUT2D eigenvalue weighted by Crippen LogP contribution is 2.19. The second-order valence-corrected chi connectivity index (χ2v) is 6.87. The van der Waals surface area contributed by atoms with Crippen LogP contribution in [0.15, 0.2) is 18.2 Å². The maximum atomic E-state index is 12.0. The molecule has 110 valence electrons. The third kappa shape index (κ3) is 5.64. The average molecular weight is 295 g/mol. The van der Waals surface area contributed by atoms with Crippen molar-refractivity contribution in [2.24, 2.45) is 5.92 Å². The van der Waals surface area contributed by atoms with Crippen LogP contribution in [-0.2, 0) is 10.0 Å². The molecule has 1 rings (SSSR count). The summed E-state index contributed by atoms with van der Waals surface area (Å²) in [4.78, 5) is 0. The van der Waals surface area contributed by atoms with Crippen molar-refractivity contribution in [1.82, 2.24) is 0 Å². The molecule has 0 aliphatic heterocycles. The summed E-state index contributed by atoms with van der Waals surface area (Å²) in [5.74, 6) is 5.81. The minimum Gasteiger partial charge on any atom is -0.395 e. The fourth-order valence-corrected chi connectivity index (χ4v) is 3.18. The number of benzene rings is 1. The predicted octanol–water partition coefficient (Wildman–Crippen LogP) is 2.13. The van der Waals surface area contributed by atoms with Gasteiger partial charge in [-0.3, -0.25) is 4.72 Å². The lowest BCUT2D eigenvalue weighted by atomic mass is 10.1. The molecule has 0 amide bonds. The molecule has 0 radical (unpaired) electrons. The fraction of sp³-hybridized carbons (Fsp3) is 0.467. The van der Waals surface area contributed by atoms with Gasteiger partial charge in [0, 0.05) is 12.0 Å². The number of aliphatic hydroxyl groups is 1. The molecule has 0 spiro atoms. The summed E-state index contributed by atoms with van der Waals surface area (Å²) in [6.07, 6.45) is 0.367. The monoisotopic (exact) mass is 295 g/mol. The van der Waals surface area contributed by atoms with Crippen LogP contribution in [0, 0.1) is 24.7 Å². The van der Waals surface area contributed by atoms with E-state index in [4.69, 9.17) is 5.11 Å². The van der Waals surface area contributed by atoms with Crippen molar-refractivity contribution in [3.05, 3.63) is 29.3 Å². The molecule has 0 aromatic heterocycles. The number of nitrogens with one attached hydrogen (secondary N) is 1. The molecule has 0 saturated carbocycles. The van der Waals surface area contributed by atoms with Crippen LogP contribution < -0.4 is 4.72 Å². The fourth-order valence-electron chi connectivity index (χ4n) is 1.71. The van der Waals surface area contributed by atoms with Gasteiger partial charge in [0.1, 0.15) is 0 Å². The molecule has 0 aliphatic rings. The first-order valence-electron chi connectivity index (χ1n) is 6.55. The maximum Gasteiger partial charge on any atom is 0.233 e. The lowest BCUT2D eigenvalue weighted by Gasteiger charge is -2.12. The third-order valence-corrected chi connectivity index (χ3v) is 4.09. The molecule has 2 N–H and O–H groups in total. The summed E-state index contributed by atoms with van der Waals surface area (Å²) in [5.41, 5.74) is 2.08. The minimum absolute atomic E-state index is 0.00668. The summed E-state index contributed by atoms with van der Waals surface area (Å²) in [7, 11) is -3.37. The molecule has 4 nitrogen and oxygen atoms in total. The molecule has 0 atom stereocenters. The Bertz CT molecular complexity index is 610. The van der Waals surface area contributed by atoms with Crippen molar-refractivity contribution >= 4 is 15.7 Å². The van der Waals surface area contributed by atoms with E-state index >= 15 is 0 Å². The first-order valence-corrected chi connectivity index (χ1v) is 8.20. The van der Waals surface area contributed by atoms with Crippen LogP contribution in [0.2, 0.25) is 0 Å². The summed E-state index contributed by atoms with van der Waals surface area (Å²) in [6, 6.07) is 5.43. The zero-order valence-electron chi connectivity index (χ0n) is 12.1. The van der Waals surface area contributed by atoms with Crippen LogP contribution >= 0.6 is 0 Å². The lowest BCUT2D eigenvalue weighted by Crippen LogP contribution is -2.20. The molecule has 0 bridgehead atoms. The molecular weight excluding hydrogens is 274 g/mol. The van der Waals surface area contributed by atoms with E-state index in [1.165, 1.54) is 0 Å². The lowest BCUT2D eigenvalue weighted by molar-refractivity contribution is 0.305. The maximum absolute atomic E-state index is 12.0. The SMILES string of the molecule is Cc1ccc(C#CCCO)c(NS(=O)(=O)CC(C)C)c1. The first-order chi connectivity index (χ1) is 9.34. The molecule has 1 aromatic carbocycles. The van der Waals surface area contributed by atoms with Crippen molar-refractivity contribution < 1.29 is 13.5 Å². The molecule has 20 heavy (non-hydrogen) atoms. The van der Waals surface area contributed by atoms with E-state index in [-0.39, 0.29) is 18.3 Å². The zero-order valence-corrected chi connectivity index (χ0v) is 12.9. The Morgan fingerprint density at radius 3 is 2.65 bits per heavy atom. The van der Waals surface area contributed by atoms with Gasteiger partial charge in [0.2, 0.25) is 10.0 Å². The van der Waals surface area contributed by atoms with Crippen molar-refractivity contribution in [2.75, 3.05) is 17.1 Å². The van der Waals surface area contributed by atoms with Gasteiger partial charge in [-0.25, -0.2) is 8.42 Å². The van der Waals surface area contributed by atoms with Gasteiger partial charge in [-0.2, -0.15) is 0 Å². The van der Waals surface area contributed by atoms with Crippen LogP contribution in [0.1, 0.15) is 31.4 Å². The van der Waals surface area contributed by atoms with Gasteiger partial charge in [0.15, 0.2) is 0 Å². The van der Waals surface area contributed by atoms with E-state index in [1.54, 1.807) is 12.1 Å². The Labute approximate surface area is 121 Å². The summed E-state index contributed by atoms with van der Waals surface area (Å²) < 4.78 is 26.6. The molecule has 1 aromatic rings. The number of hydrogen-bond acceptors (Lipinski definition) is 3. The largest absolute Gasteiger partial charge is 0.395 e. The predicted molar refractivity (Wildman–Crippen MR) is 82.0 cm³/mol. The normalized spacial score (nSPS) is 11.1. The second kappa shape index (κ2) is 7.32. The number of rotatable bonds is 5. The van der Waals surface area contributed by atoms with E-state index < -0.39 is 10.0 Å². The molecule has 0 aliphatic carbocycles. The van der Waals surface area contributed by atoms with Crippen LogP contribution in [0.25, 0.3) is 0 Å². The third-order valence-electron chi connectivity index (χ3n) is 2.45. The minimum atomic E-state index is -3.37. The summed E-state index contributed by atoms with van der Waals surface area (Å²) in [6.45, 7) is 5.60. The molecular formula is C15H21NO3S. The van der Waals surface area contributed by atoms with E-state index in [1.807, 2.05) is 26.8 Å². The Kier molecular flexibility index (Phi) is 6.05. The van der Waals surface area contributed by atoms with Crippen molar-refractivity contribution in [2.45, 2.75) is 27.2 Å². The number of sulfonamides is 1. The van der Waals surface area contributed by atoms with Gasteiger partial charge in [-0.05, 0) is 30.5 Å². The van der Waals surface area contributed by atoms with Gasteiger partial charge in [-0.1, -0.05) is 31.8 Å². The van der Waals surface area contributed by atoms with E-state index in [0.29, 0.717) is 17.7 Å². The number of hydrogen-bond donors (Lipinski definition) is 2. The molecule has 0 saturated heterocycles. The smallest absolute Gasteiger partial charge is 0.233 e. The highest BCUT2D eigenvalue weighted by Gasteiger charge is 2.14. The Hall–Kier alpha value is -1.51. The topological polar surface area (TPSA) is 66.4 Å². The highest BCUT2D eigenvalue weighted by atomic mass is 32.2. The quantitative estimate of drug-likeness (QED) is 0.818. The van der Waals surface area contributed by atoms with Crippen LogP contribution in [0.3, 0.4) is 0 Å². The Balaban J connectivity index is 3.05. The molecule has 0 fully saturated rings. The number of aryl methyl sites for hydroxylation is 1. The molecule has 0 heterocycles. The van der Waals surface area contributed by atoms with E-state index in [9.17, 15) is 8.42 Å². The van der Waals surface area contributed by atoms with Crippen molar-refractivity contribution in [1.29, 1.82) is 0 Å². The standard InChI is InChI=1S/C15H21NO3S/c1-12(2)11-20(18,19)16-15-10-13(3)7-8-14(15)6-4-5-9-17/h7-8,10,12,16-17H,5,9,11H2,1-3H3. The van der Waals surface area contributed by atoms with Gasteiger partial charge >= 0.3 is 0 Å². The summed E-state index contributed by atoms with van der Waals surface area (Å²) >= 11 is 0. The summed E-state index contributed by atoms with van der Waals surface area (Å²) in [5, 5.41) is 8.73. The van der Waals surface area contributed by atoms with Crippen LogP contribution in [-0.4, -0.2) is 25.9 Å². The molecule has 5 heteroatoms. The van der Waals surface area contributed by atoms with Gasteiger partial charge in [0.25, 0.3) is 0 Å². The Morgan fingerprint density at radius 2 is 2.05 bits per heavy atom. The van der Waals surface area contributed by atoms with Gasteiger partial charge in [-0.15, -0.1) is 0 Å². The first kappa shape index (κ1) is 16.5. The van der Waals surface area contributed by atoms with Crippen molar-refractivity contribution in [3.8, 4) is 11.8 Å². The van der Waals surface area contributed by atoms with E-state index in [0.717, 1.165) is 5.56 Å². The van der Waals surface area contributed by atoms with E-state index in [2.05, 4.69) is 16.6 Å². The second-order valence-electron chi connectivity index (χ2n) is 5.10. The van der Waals surface area contributed by atoms with Crippen LogP contribution in [0.5, 0.6) is 0 Å². The molecule has 0 unspecified atom stereocenters. The average Bonchev–Trinajstić information content (AvgIpc) is 2.29. The van der Waals surface area contributed by atoms with Crippen LogP contribution in [0.4, 0.5) is 5.69 Å². The zero-order chi connectivity index (χ0) is 15.2.